The van der Waals surface area contributed by atoms with Crippen molar-refractivity contribution in [2.24, 2.45) is 0 Å². The Balaban J connectivity index is 1.79. The predicted molar refractivity (Wildman–Crippen MR) is 83.0 cm³/mol. The molecule has 1 aliphatic heterocycles. The van der Waals surface area contributed by atoms with Crippen LogP contribution in [0.15, 0.2) is 29.8 Å². The third-order valence-corrected chi connectivity index (χ3v) is 3.58. The van der Waals surface area contributed by atoms with Gasteiger partial charge in [0.05, 0.1) is 6.54 Å². The second kappa shape index (κ2) is 7.10. The maximum absolute atomic E-state index is 11.9. The van der Waals surface area contributed by atoms with Crippen LogP contribution in [0.5, 0.6) is 0 Å². The number of rotatable bonds is 5. The number of anilines is 1. The smallest absolute Gasteiger partial charge is 0.239 e. The second-order valence-corrected chi connectivity index (χ2v) is 5.21. The van der Waals surface area contributed by atoms with Gasteiger partial charge in [0.15, 0.2) is 0 Å². The van der Waals surface area contributed by atoms with E-state index in [0.29, 0.717) is 13.1 Å². The number of amides is 1. The number of hydrogen-bond acceptors (Lipinski definition) is 3. The van der Waals surface area contributed by atoms with Crippen molar-refractivity contribution in [3.05, 3.63) is 41.0 Å². The van der Waals surface area contributed by atoms with Crippen LogP contribution in [-0.4, -0.2) is 32.1 Å². The zero-order valence-electron chi connectivity index (χ0n) is 12.3. The summed E-state index contributed by atoms with van der Waals surface area (Å²) in [5, 5.41) is 9.45. The van der Waals surface area contributed by atoms with Crippen LogP contribution in [0.1, 0.15) is 17.5 Å². The minimum absolute atomic E-state index is 0.0343. The fourth-order valence-electron chi connectivity index (χ4n) is 2.37. The molecule has 3 N–H and O–H groups in total. The summed E-state index contributed by atoms with van der Waals surface area (Å²) in [5.74, 6) is 0.0343. The van der Waals surface area contributed by atoms with Gasteiger partial charge in [0.1, 0.15) is 0 Å². The summed E-state index contributed by atoms with van der Waals surface area (Å²) in [7, 11) is 0. The number of nitrogens with one attached hydrogen (secondary N) is 3. The van der Waals surface area contributed by atoms with E-state index in [-0.39, 0.29) is 5.91 Å². The highest BCUT2D eigenvalue weighted by molar-refractivity contribution is 5.81. The van der Waals surface area contributed by atoms with Gasteiger partial charge in [-0.2, -0.15) is 0 Å². The van der Waals surface area contributed by atoms with E-state index in [0.717, 1.165) is 25.2 Å². The zero-order valence-corrected chi connectivity index (χ0v) is 12.3. The molecular weight excluding hydrogens is 250 g/mol. The van der Waals surface area contributed by atoms with Crippen LogP contribution in [0.25, 0.3) is 0 Å². The summed E-state index contributed by atoms with van der Waals surface area (Å²) in [5.41, 5.74) is 4.70. The lowest BCUT2D eigenvalue weighted by molar-refractivity contribution is -0.119. The highest BCUT2D eigenvalue weighted by atomic mass is 16.1. The second-order valence-electron chi connectivity index (χ2n) is 5.21. The summed E-state index contributed by atoms with van der Waals surface area (Å²) in [6, 6.07) is 6.12. The van der Waals surface area contributed by atoms with Crippen molar-refractivity contribution in [2.45, 2.75) is 20.3 Å². The molecule has 1 heterocycles. The van der Waals surface area contributed by atoms with E-state index in [1.54, 1.807) is 0 Å². The fraction of sp³-hybridized carbons (Fsp3) is 0.438. The number of hydrogen-bond donors (Lipinski definition) is 3. The van der Waals surface area contributed by atoms with Gasteiger partial charge >= 0.3 is 0 Å². The van der Waals surface area contributed by atoms with Gasteiger partial charge in [0.2, 0.25) is 5.91 Å². The standard InChI is InChI=1S/C16H23N3O/c1-12-4-3-5-13(2)16(12)19-11-15(20)18-10-14-6-8-17-9-7-14/h3-6,17,19H,7-11H2,1-2H3,(H,18,20). The molecule has 0 unspecified atom stereocenters. The Kier molecular flexibility index (Phi) is 5.18. The van der Waals surface area contributed by atoms with Gasteiger partial charge in [-0.05, 0) is 37.9 Å². The molecule has 0 aromatic heterocycles. The normalized spacial score (nSPS) is 14.6. The van der Waals surface area contributed by atoms with E-state index in [4.69, 9.17) is 0 Å². The van der Waals surface area contributed by atoms with Crippen LogP contribution in [0.2, 0.25) is 0 Å². The van der Waals surface area contributed by atoms with E-state index in [1.807, 2.05) is 32.0 Å². The van der Waals surface area contributed by atoms with Gasteiger partial charge in [-0.3, -0.25) is 4.79 Å². The average Bonchev–Trinajstić information content (AvgIpc) is 2.46. The molecule has 0 saturated heterocycles. The first-order chi connectivity index (χ1) is 9.66. The summed E-state index contributed by atoms with van der Waals surface area (Å²) in [6.07, 6.45) is 3.17. The van der Waals surface area contributed by atoms with Crippen molar-refractivity contribution in [3.63, 3.8) is 0 Å². The Morgan fingerprint density at radius 2 is 2.05 bits per heavy atom. The van der Waals surface area contributed by atoms with Crippen LogP contribution in [0.3, 0.4) is 0 Å². The lowest BCUT2D eigenvalue weighted by atomic mass is 10.1. The van der Waals surface area contributed by atoms with E-state index >= 15 is 0 Å². The molecule has 4 nitrogen and oxygen atoms in total. The molecule has 4 heteroatoms. The van der Waals surface area contributed by atoms with Crippen molar-refractivity contribution in [3.8, 4) is 0 Å². The molecule has 1 aromatic rings. The Bertz CT molecular complexity index is 488. The first kappa shape index (κ1) is 14.6. The van der Waals surface area contributed by atoms with Crippen LogP contribution < -0.4 is 16.0 Å². The molecule has 1 aromatic carbocycles. The molecule has 1 aliphatic rings. The number of benzene rings is 1. The number of para-hydroxylation sites is 1. The van der Waals surface area contributed by atoms with E-state index in [2.05, 4.69) is 22.0 Å². The molecule has 2 rings (SSSR count). The van der Waals surface area contributed by atoms with E-state index in [1.165, 1.54) is 16.7 Å². The minimum atomic E-state index is 0.0343. The maximum Gasteiger partial charge on any atom is 0.239 e. The SMILES string of the molecule is Cc1cccc(C)c1NCC(=O)NCC1=CCNCC1. The monoisotopic (exact) mass is 273 g/mol. The predicted octanol–water partition coefficient (Wildman–Crippen LogP) is 1.75. The van der Waals surface area contributed by atoms with Crippen LogP contribution in [0, 0.1) is 13.8 Å². The number of aryl methyl sites for hydroxylation is 2. The highest BCUT2D eigenvalue weighted by Gasteiger charge is 2.07. The van der Waals surface area contributed by atoms with Crippen molar-refractivity contribution < 1.29 is 4.79 Å². The Morgan fingerprint density at radius 3 is 2.70 bits per heavy atom. The molecule has 0 radical (unpaired) electrons. The van der Waals surface area contributed by atoms with Crippen molar-refractivity contribution in [1.82, 2.24) is 10.6 Å². The largest absolute Gasteiger partial charge is 0.376 e. The highest BCUT2D eigenvalue weighted by Crippen LogP contribution is 2.18. The van der Waals surface area contributed by atoms with Crippen molar-refractivity contribution in [2.75, 3.05) is 31.5 Å². The van der Waals surface area contributed by atoms with Gasteiger partial charge < -0.3 is 16.0 Å². The van der Waals surface area contributed by atoms with Gasteiger partial charge in [-0.15, -0.1) is 0 Å². The Morgan fingerprint density at radius 1 is 1.30 bits per heavy atom. The van der Waals surface area contributed by atoms with Crippen LogP contribution in [0.4, 0.5) is 5.69 Å². The molecule has 0 spiro atoms. The molecule has 108 valence electrons. The average molecular weight is 273 g/mol. The molecular formula is C16H23N3O. The quantitative estimate of drug-likeness (QED) is 0.716. The molecule has 0 atom stereocenters. The number of carbonyl (C=O) groups excluding carboxylic acids is 1. The van der Waals surface area contributed by atoms with Gasteiger partial charge in [-0.25, -0.2) is 0 Å². The maximum atomic E-state index is 11.9. The third-order valence-electron chi connectivity index (χ3n) is 3.58. The van der Waals surface area contributed by atoms with Gasteiger partial charge in [0, 0.05) is 18.8 Å². The van der Waals surface area contributed by atoms with Crippen LogP contribution >= 0.6 is 0 Å². The number of carbonyl (C=O) groups is 1. The molecule has 0 aliphatic carbocycles. The summed E-state index contributed by atoms with van der Waals surface area (Å²) >= 11 is 0. The van der Waals surface area contributed by atoms with Gasteiger partial charge in [0.25, 0.3) is 0 Å². The Hall–Kier alpha value is -1.81. The fourth-order valence-corrected chi connectivity index (χ4v) is 2.37. The zero-order chi connectivity index (χ0) is 14.4. The van der Waals surface area contributed by atoms with E-state index in [9.17, 15) is 4.79 Å². The lowest BCUT2D eigenvalue weighted by Gasteiger charge is -2.15. The summed E-state index contributed by atoms with van der Waals surface area (Å²) < 4.78 is 0. The third kappa shape index (κ3) is 4.10. The van der Waals surface area contributed by atoms with Crippen LogP contribution in [-0.2, 0) is 4.79 Å². The van der Waals surface area contributed by atoms with E-state index < -0.39 is 0 Å². The molecule has 20 heavy (non-hydrogen) atoms. The topological polar surface area (TPSA) is 53.2 Å². The summed E-state index contributed by atoms with van der Waals surface area (Å²) in [4.78, 5) is 11.9. The first-order valence-electron chi connectivity index (χ1n) is 7.12. The van der Waals surface area contributed by atoms with Crippen molar-refractivity contribution in [1.29, 1.82) is 0 Å². The Labute approximate surface area is 120 Å². The molecule has 0 fully saturated rings. The van der Waals surface area contributed by atoms with Crippen molar-refractivity contribution >= 4 is 11.6 Å². The lowest BCUT2D eigenvalue weighted by Crippen LogP contribution is -2.33. The molecule has 0 bridgehead atoms. The van der Waals surface area contributed by atoms with Gasteiger partial charge in [-0.1, -0.05) is 29.8 Å². The molecule has 1 amide bonds. The first-order valence-corrected chi connectivity index (χ1v) is 7.12. The minimum Gasteiger partial charge on any atom is -0.376 e. The molecule has 0 saturated carbocycles. The summed E-state index contributed by atoms with van der Waals surface area (Å²) in [6.45, 7) is 6.99.